The van der Waals surface area contributed by atoms with Crippen molar-refractivity contribution in [3.05, 3.63) is 81.8 Å². The third kappa shape index (κ3) is 10.6. The summed E-state index contributed by atoms with van der Waals surface area (Å²) in [4.78, 5) is 62.0. The number of likely N-dealkylation sites (tertiary alicyclic amines) is 1. The van der Waals surface area contributed by atoms with Crippen molar-refractivity contribution in [2.75, 3.05) is 89.2 Å². The lowest BCUT2D eigenvalue weighted by molar-refractivity contribution is -0.929. The summed E-state index contributed by atoms with van der Waals surface area (Å²) in [6.07, 6.45) is -4.10. The summed E-state index contributed by atoms with van der Waals surface area (Å²) in [6, 6.07) is 7.95. The summed E-state index contributed by atoms with van der Waals surface area (Å²) < 4.78 is 57.9. The molecule has 5 heterocycles. The number of H-pyrrole nitrogens is 2. The Morgan fingerprint density at radius 1 is 1.00 bits per heavy atom. The highest BCUT2D eigenvalue weighted by Gasteiger charge is 2.42. The molecule has 2 aromatic heterocycles. The maximum atomic E-state index is 15.2. The number of piperidine rings is 1. The number of hydrogen-bond donors (Lipinski definition) is 8. The summed E-state index contributed by atoms with van der Waals surface area (Å²) in [6.45, 7) is 4.48. The molecule has 0 aliphatic carbocycles. The number of quaternary nitrogens is 1. The van der Waals surface area contributed by atoms with Crippen molar-refractivity contribution in [1.82, 2.24) is 35.3 Å². The van der Waals surface area contributed by atoms with Crippen LogP contribution in [0.25, 0.3) is 11.3 Å². The van der Waals surface area contributed by atoms with Crippen molar-refractivity contribution in [3.8, 4) is 11.3 Å². The number of piperazine rings is 1. The second kappa shape index (κ2) is 19.0. The van der Waals surface area contributed by atoms with Gasteiger partial charge >= 0.3 is 12.1 Å². The zero-order valence-corrected chi connectivity index (χ0v) is 34.7. The molecule has 4 aromatic rings. The molecule has 0 radical (unpaired) electrons. The van der Waals surface area contributed by atoms with E-state index in [1.807, 2.05) is 0 Å². The van der Waals surface area contributed by atoms with Crippen molar-refractivity contribution in [3.63, 3.8) is 0 Å². The minimum absolute atomic E-state index is 0.0176. The molecular weight excluding hydrogens is 856 g/mol. The van der Waals surface area contributed by atoms with Crippen LogP contribution in [0.1, 0.15) is 50.8 Å². The smallest absolute Gasteiger partial charge is 0.435 e. The van der Waals surface area contributed by atoms with Gasteiger partial charge in [0.05, 0.1) is 48.6 Å². The van der Waals surface area contributed by atoms with Gasteiger partial charge in [0.2, 0.25) is 5.91 Å². The molecule has 2 aromatic carbocycles. The second-order valence-electron chi connectivity index (χ2n) is 16.4. The van der Waals surface area contributed by atoms with Gasteiger partial charge in [-0.05, 0) is 36.4 Å². The number of anilines is 2. The zero-order chi connectivity index (χ0) is 45.1. The Balaban J connectivity index is 0.936. The molecule has 1 atom stereocenters. The Morgan fingerprint density at radius 3 is 2.32 bits per heavy atom. The average molecular weight is 904 g/mol. The van der Waals surface area contributed by atoms with Crippen LogP contribution in [0.3, 0.4) is 0 Å². The first kappa shape index (κ1) is 45.4. The Bertz CT molecular complexity index is 2320. The fourth-order valence-corrected chi connectivity index (χ4v) is 8.73. The predicted octanol–water partition coefficient (Wildman–Crippen LogP) is 3.03. The molecule has 8 N–H and O–H groups in total. The lowest BCUT2D eigenvalue weighted by atomic mass is 9.90. The predicted molar refractivity (Wildman–Crippen MR) is 220 cm³/mol. The zero-order valence-electron chi connectivity index (χ0n) is 34.0. The van der Waals surface area contributed by atoms with E-state index in [9.17, 15) is 42.6 Å². The van der Waals surface area contributed by atoms with Crippen LogP contribution >= 0.6 is 11.6 Å². The number of carbonyl (C=O) groups excluding carboxylic acids is 3. The van der Waals surface area contributed by atoms with Crippen molar-refractivity contribution in [2.24, 2.45) is 11.8 Å². The topological polar surface area (TPSA) is 229 Å². The number of hydrogen-bond acceptors (Lipinski definition) is 10. The van der Waals surface area contributed by atoms with E-state index >= 15 is 4.39 Å². The largest absolute Gasteiger partial charge is 0.477 e. The first-order valence-corrected chi connectivity index (χ1v) is 20.9. The van der Waals surface area contributed by atoms with Crippen LogP contribution in [-0.4, -0.2) is 158 Å². The number of carbonyl (C=O) groups is 4. The van der Waals surface area contributed by atoms with Gasteiger partial charge in [-0.3, -0.25) is 19.5 Å². The minimum atomic E-state index is -4.91. The van der Waals surface area contributed by atoms with Gasteiger partial charge < -0.3 is 50.5 Å². The van der Waals surface area contributed by atoms with E-state index in [4.69, 9.17) is 16.7 Å². The van der Waals surface area contributed by atoms with Crippen LogP contribution in [0.5, 0.6) is 0 Å². The normalized spacial score (nSPS) is 20.0. The molecule has 3 saturated heterocycles. The first-order valence-electron chi connectivity index (χ1n) is 20.5. The average Bonchev–Trinajstić information content (AvgIpc) is 3.89. The molecule has 3 aliphatic rings. The van der Waals surface area contributed by atoms with Crippen molar-refractivity contribution in [2.45, 2.75) is 31.5 Å². The fourth-order valence-electron chi connectivity index (χ4n) is 8.47. The summed E-state index contributed by atoms with van der Waals surface area (Å²) in [5.74, 6) is -2.84. The molecule has 0 spiro atoms. The van der Waals surface area contributed by atoms with Crippen molar-refractivity contribution < 1.29 is 56.5 Å². The van der Waals surface area contributed by atoms with Crippen LogP contribution in [0, 0.1) is 17.7 Å². The highest BCUT2D eigenvalue weighted by atomic mass is 35.5. The molecule has 63 heavy (non-hydrogen) atoms. The van der Waals surface area contributed by atoms with Crippen LogP contribution in [-0.2, 0) is 22.2 Å². The summed E-state index contributed by atoms with van der Waals surface area (Å²) in [7, 11) is 0. The van der Waals surface area contributed by atoms with E-state index in [1.165, 1.54) is 36.5 Å². The second-order valence-corrected chi connectivity index (χ2v) is 16.8. The lowest BCUT2D eigenvalue weighted by Crippen LogP contribution is -2.62. The van der Waals surface area contributed by atoms with Gasteiger partial charge in [0.1, 0.15) is 5.82 Å². The van der Waals surface area contributed by atoms with Crippen LogP contribution < -0.4 is 16.0 Å². The molecule has 7 rings (SSSR count). The van der Waals surface area contributed by atoms with Gasteiger partial charge in [-0.15, -0.1) is 0 Å². The molecule has 0 unspecified atom stereocenters. The SMILES string of the molecule is O=C(O)C[N+]1(CC2CNC2)CCC(C(=O)N2CCN(C(=O)c3ccc(NC(=O)c4ncc(Cc5c(C(F)(F)F)n[nH]c5-c5ccc(NC[C@H](O)CO)cc5F)[nH]4)cc3Cl)CC2)CC1. The third-order valence-corrected chi connectivity index (χ3v) is 12.2. The number of aromatic amines is 2. The van der Waals surface area contributed by atoms with Gasteiger partial charge in [-0.2, -0.15) is 18.3 Å². The number of aliphatic hydroxyl groups excluding tert-OH is 2. The number of amides is 3. The van der Waals surface area contributed by atoms with Crippen molar-refractivity contribution >= 4 is 46.7 Å². The molecule has 0 bridgehead atoms. The quantitative estimate of drug-likeness (QED) is 0.0639. The Labute approximate surface area is 363 Å². The summed E-state index contributed by atoms with van der Waals surface area (Å²) in [5.41, 5.74) is -1.49. The van der Waals surface area contributed by atoms with E-state index in [1.54, 1.807) is 9.80 Å². The van der Waals surface area contributed by atoms with Gasteiger partial charge in [0.25, 0.3) is 11.8 Å². The molecule has 0 saturated carbocycles. The van der Waals surface area contributed by atoms with Gasteiger partial charge in [-0.1, -0.05) is 11.6 Å². The Kier molecular flexibility index (Phi) is 13.7. The Hall–Kier alpha value is -5.61. The van der Waals surface area contributed by atoms with Gasteiger partial charge in [-0.25, -0.2) is 14.2 Å². The van der Waals surface area contributed by atoms with E-state index in [2.05, 4.69) is 36.1 Å². The van der Waals surface area contributed by atoms with E-state index < -0.39 is 54.3 Å². The third-order valence-electron chi connectivity index (χ3n) is 11.9. The number of aliphatic hydroxyl groups is 2. The van der Waals surface area contributed by atoms with E-state index in [-0.39, 0.29) is 88.6 Å². The van der Waals surface area contributed by atoms with Gasteiger partial charge in [0.15, 0.2) is 18.1 Å². The standard InChI is InChI=1S/C41H47ClF4N10O7/c42-32-14-26(2-3-29(32)40(63)55-9-7-54(8-10-55)39(62)24-5-11-56(12-6-24,21-34(59)60)20-23-16-47-17-23)51-38(61)37-49-18-27(50-37)13-31-35(52-53-36(31)41(44,45)46)30-4-1-25(15-33(30)43)48-19-28(58)22-57/h1-4,14-15,18,23-24,28,47,57-58H,5-13,16-17,19-22H2,(H4-,48,49,50,51,52,53,59,60,61,63)/p+1/t24?,28-,56?/m0/s1. The Morgan fingerprint density at radius 2 is 1.70 bits per heavy atom. The number of imidazole rings is 1. The number of nitrogens with zero attached hydrogens (tertiary/aromatic N) is 5. The van der Waals surface area contributed by atoms with E-state index in [0.717, 1.165) is 25.7 Å². The fraction of sp³-hybridized carbons (Fsp3) is 0.463. The maximum absolute atomic E-state index is 15.2. The number of rotatable bonds is 15. The summed E-state index contributed by atoms with van der Waals surface area (Å²) >= 11 is 6.53. The first-order chi connectivity index (χ1) is 30.0. The number of nitrogens with one attached hydrogen (secondary N) is 5. The number of carboxylic acids is 1. The van der Waals surface area contributed by atoms with Crippen molar-refractivity contribution in [1.29, 1.82) is 0 Å². The number of carboxylic acid groups (broad SMARTS) is 1. The van der Waals surface area contributed by atoms with Gasteiger partial charge in [0, 0.05) is 111 Å². The van der Waals surface area contributed by atoms with E-state index in [0.29, 0.717) is 49.4 Å². The minimum Gasteiger partial charge on any atom is -0.477 e. The molecule has 22 heteroatoms. The molecule has 338 valence electrons. The number of aliphatic carboxylic acids is 1. The monoisotopic (exact) mass is 903 g/mol. The lowest BCUT2D eigenvalue weighted by Gasteiger charge is -2.46. The number of alkyl halides is 3. The molecule has 3 amide bonds. The number of aromatic nitrogens is 4. The molecule has 3 fully saturated rings. The van der Waals surface area contributed by atoms with Crippen LogP contribution in [0.15, 0.2) is 42.6 Å². The molecular formula is C41H48ClF4N10O7+. The number of halogens is 5. The number of benzene rings is 2. The highest BCUT2D eigenvalue weighted by molar-refractivity contribution is 6.34. The highest BCUT2D eigenvalue weighted by Crippen LogP contribution is 2.37. The van der Waals surface area contributed by atoms with Crippen LogP contribution in [0.4, 0.5) is 28.9 Å². The summed E-state index contributed by atoms with van der Waals surface area (Å²) in [5, 5.41) is 42.5. The maximum Gasteiger partial charge on any atom is 0.435 e. The molecule has 3 aliphatic heterocycles. The van der Waals surface area contributed by atoms with Crippen LogP contribution in [0.2, 0.25) is 5.02 Å². The molecule has 17 nitrogen and oxygen atoms in total.